The van der Waals surface area contributed by atoms with E-state index in [2.05, 4.69) is 6.07 Å². The Labute approximate surface area is 169 Å². The van der Waals surface area contributed by atoms with E-state index in [4.69, 9.17) is 0 Å². The normalized spacial score (nSPS) is 19.1. The summed E-state index contributed by atoms with van der Waals surface area (Å²) in [6, 6.07) is 13.9. The van der Waals surface area contributed by atoms with Gasteiger partial charge >= 0.3 is 0 Å². The second-order valence-electron chi connectivity index (χ2n) is 6.97. The highest BCUT2D eigenvalue weighted by molar-refractivity contribution is 8.01. The molecule has 2 amide bonds. The van der Waals surface area contributed by atoms with E-state index in [9.17, 15) is 14.0 Å². The van der Waals surface area contributed by atoms with Gasteiger partial charge in [-0.1, -0.05) is 35.9 Å². The fourth-order valence-electron chi connectivity index (χ4n) is 3.42. The lowest BCUT2D eigenvalue weighted by Crippen LogP contribution is -2.40. The summed E-state index contributed by atoms with van der Waals surface area (Å²) >= 11 is 1.63. The van der Waals surface area contributed by atoms with Gasteiger partial charge in [-0.05, 0) is 44.5 Å². The molecule has 1 saturated heterocycles. The van der Waals surface area contributed by atoms with E-state index in [1.807, 2.05) is 43.9 Å². The first-order valence-corrected chi connectivity index (χ1v) is 10.4. The molecule has 0 saturated carbocycles. The van der Waals surface area contributed by atoms with Gasteiger partial charge in [0.25, 0.3) is 5.91 Å². The summed E-state index contributed by atoms with van der Waals surface area (Å²) in [4.78, 5) is 28.9. The van der Waals surface area contributed by atoms with Crippen molar-refractivity contribution in [3.8, 4) is 0 Å². The number of halogens is 1. The number of carbonyl (C=O) groups is 2. The van der Waals surface area contributed by atoms with Crippen LogP contribution in [-0.2, 0) is 4.79 Å². The van der Waals surface area contributed by atoms with Crippen LogP contribution in [0.2, 0.25) is 0 Å². The van der Waals surface area contributed by atoms with E-state index in [1.165, 1.54) is 18.2 Å². The predicted octanol–water partition coefficient (Wildman–Crippen LogP) is 4.26. The topological polar surface area (TPSA) is 40.6 Å². The number of rotatable bonds is 6. The molecule has 2 aromatic carbocycles. The van der Waals surface area contributed by atoms with Crippen LogP contribution in [0.25, 0.3) is 0 Å². The van der Waals surface area contributed by atoms with Crippen LogP contribution in [0.3, 0.4) is 0 Å². The van der Waals surface area contributed by atoms with E-state index in [1.54, 1.807) is 22.7 Å². The van der Waals surface area contributed by atoms with Crippen molar-refractivity contribution in [2.24, 2.45) is 0 Å². The summed E-state index contributed by atoms with van der Waals surface area (Å²) in [7, 11) is 0. The molecule has 0 aliphatic carbocycles. The first kappa shape index (κ1) is 20.4. The fraction of sp³-hybridized carbons (Fsp3) is 0.364. The number of amides is 2. The number of thioether (sulfide) groups is 1. The van der Waals surface area contributed by atoms with E-state index in [0.717, 1.165) is 11.1 Å². The third-order valence-corrected chi connectivity index (χ3v) is 6.32. The van der Waals surface area contributed by atoms with Crippen molar-refractivity contribution >= 4 is 23.6 Å². The molecule has 0 N–H and O–H groups in total. The van der Waals surface area contributed by atoms with Gasteiger partial charge in [0.05, 0.1) is 5.25 Å². The molecule has 0 unspecified atom stereocenters. The highest BCUT2D eigenvalue weighted by Crippen LogP contribution is 2.42. The van der Waals surface area contributed by atoms with E-state index in [0.29, 0.717) is 25.2 Å². The second-order valence-corrected chi connectivity index (χ2v) is 8.40. The first-order chi connectivity index (χ1) is 13.4. The number of carbonyl (C=O) groups excluding carboxylic acids is 2. The monoisotopic (exact) mass is 400 g/mol. The van der Waals surface area contributed by atoms with Crippen LogP contribution < -0.4 is 0 Å². The molecular formula is C22H25FN2O2S. The fourth-order valence-corrected chi connectivity index (χ4v) is 4.72. The van der Waals surface area contributed by atoms with E-state index >= 15 is 0 Å². The van der Waals surface area contributed by atoms with Crippen LogP contribution in [0.5, 0.6) is 0 Å². The summed E-state index contributed by atoms with van der Waals surface area (Å²) in [5.41, 5.74) is 2.58. The molecule has 3 rings (SSSR count). The lowest BCUT2D eigenvalue weighted by molar-refractivity contribution is -0.130. The molecule has 1 aliphatic heterocycles. The SMILES string of the molecule is CCN(CCN1C(=O)[C@@H](C)S[C@@H]1c1cccc(C)c1)C(=O)c1cccc(F)c1. The Balaban J connectivity index is 1.74. The molecule has 0 bridgehead atoms. The maximum absolute atomic E-state index is 13.5. The van der Waals surface area contributed by atoms with Crippen molar-refractivity contribution in [1.29, 1.82) is 0 Å². The Kier molecular flexibility index (Phi) is 6.39. The van der Waals surface area contributed by atoms with Crippen molar-refractivity contribution in [3.63, 3.8) is 0 Å². The quantitative estimate of drug-likeness (QED) is 0.728. The van der Waals surface area contributed by atoms with Crippen LogP contribution in [0.4, 0.5) is 4.39 Å². The molecule has 2 atom stereocenters. The van der Waals surface area contributed by atoms with E-state index in [-0.39, 0.29) is 22.4 Å². The molecule has 1 fully saturated rings. The Bertz CT molecular complexity index is 873. The average molecular weight is 401 g/mol. The molecule has 0 radical (unpaired) electrons. The van der Waals surface area contributed by atoms with Crippen LogP contribution in [0.15, 0.2) is 48.5 Å². The largest absolute Gasteiger partial charge is 0.337 e. The molecule has 0 aromatic heterocycles. The van der Waals surface area contributed by atoms with Crippen molar-refractivity contribution in [1.82, 2.24) is 9.80 Å². The highest BCUT2D eigenvalue weighted by atomic mass is 32.2. The van der Waals surface area contributed by atoms with Gasteiger partial charge < -0.3 is 9.80 Å². The molecule has 1 aliphatic rings. The van der Waals surface area contributed by atoms with Gasteiger partial charge in [0, 0.05) is 25.2 Å². The summed E-state index contributed by atoms with van der Waals surface area (Å²) in [6.45, 7) is 7.20. The Morgan fingerprint density at radius 3 is 2.64 bits per heavy atom. The smallest absolute Gasteiger partial charge is 0.254 e. The third kappa shape index (κ3) is 4.38. The zero-order chi connectivity index (χ0) is 20.3. The third-order valence-electron chi connectivity index (χ3n) is 4.93. The number of hydrogen-bond donors (Lipinski definition) is 0. The summed E-state index contributed by atoms with van der Waals surface area (Å²) < 4.78 is 13.5. The zero-order valence-electron chi connectivity index (χ0n) is 16.4. The maximum atomic E-state index is 13.5. The molecule has 6 heteroatoms. The van der Waals surface area contributed by atoms with E-state index < -0.39 is 5.82 Å². The molecule has 28 heavy (non-hydrogen) atoms. The lowest BCUT2D eigenvalue weighted by atomic mass is 10.1. The Morgan fingerprint density at radius 1 is 1.21 bits per heavy atom. The van der Waals surface area contributed by atoms with Crippen molar-refractivity contribution in [3.05, 3.63) is 71.0 Å². The van der Waals surface area contributed by atoms with Gasteiger partial charge in [0.1, 0.15) is 11.2 Å². The van der Waals surface area contributed by atoms with Crippen molar-refractivity contribution < 1.29 is 14.0 Å². The predicted molar refractivity (Wildman–Crippen MR) is 111 cm³/mol. The second kappa shape index (κ2) is 8.78. The zero-order valence-corrected chi connectivity index (χ0v) is 17.2. The molecule has 4 nitrogen and oxygen atoms in total. The minimum atomic E-state index is -0.429. The summed E-state index contributed by atoms with van der Waals surface area (Å²) in [5.74, 6) is -0.562. The molecule has 1 heterocycles. The Hall–Kier alpha value is -2.34. The summed E-state index contributed by atoms with van der Waals surface area (Å²) in [5, 5.41) is -0.162. The molecule has 0 spiro atoms. The minimum absolute atomic E-state index is 0.0506. The average Bonchev–Trinajstić information content (AvgIpc) is 2.96. The lowest BCUT2D eigenvalue weighted by Gasteiger charge is -2.28. The van der Waals surface area contributed by atoms with Crippen molar-refractivity contribution in [2.45, 2.75) is 31.4 Å². The van der Waals surface area contributed by atoms with Gasteiger partial charge in [-0.25, -0.2) is 4.39 Å². The first-order valence-electron chi connectivity index (χ1n) is 9.48. The maximum Gasteiger partial charge on any atom is 0.254 e. The number of benzene rings is 2. The van der Waals surface area contributed by atoms with Crippen molar-refractivity contribution in [2.75, 3.05) is 19.6 Å². The highest BCUT2D eigenvalue weighted by Gasteiger charge is 2.38. The van der Waals surface area contributed by atoms with Gasteiger partial charge in [-0.3, -0.25) is 9.59 Å². The van der Waals surface area contributed by atoms with Gasteiger partial charge in [-0.15, -0.1) is 11.8 Å². The molecule has 148 valence electrons. The number of hydrogen-bond acceptors (Lipinski definition) is 3. The minimum Gasteiger partial charge on any atom is -0.337 e. The number of aryl methyl sites for hydroxylation is 1. The summed E-state index contributed by atoms with van der Waals surface area (Å²) in [6.07, 6.45) is 0. The van der Waals surface area contributed by atoms with Gasteiger partial charge in [0.2, 0.25) is 5.91 Å². The standard InChI is InChI=1S/C22H25FN2O2S/c1-4-24(21(27)17-8-6-10-19(23)14-17)11-12-25-20(26)16(3)28-22(25)18-9-5-7-15(2)13-18/h5-10,13-14,16,22H,4,11-12H2,1-3H3/t16-,22-/m1/s1. The molecule has 2 aromatic rings. The van der Waals surface area contributed by atoms with Crippen LogP contribution in [-0.4, -0.2) is 46.5 Å². The number of likely N-dealkylation sites (N-methyl/N-ethyl adjacent to an activating group) is 1. The number of nitrogens with zero attached hydrogens (tertiary/aromatic N) is 2. The Morgan fingerprint density at radius 2 is 1.96 bits per heavy atom. The molecular weight excluding hydrogens is 375 g/mol. The van der Waals surface area contributed by atoms with Gasteiger partial charge in [0.15, 0.2) is 0 Å². The van der Waals surface area contributed by atoms with Crippen LogP contribution in [0, 0.1) is 12.7 Å². The van der Waals surface area contributed by atoms with Crippen LogP contribution in [0.1, 0.15) is 40.7 Å². The van der Waals surface area contributed by atoms with Gasteiger partial charge in [-0.2, -0.15) is 0 Å². The van der Waals surface area contributed by atoms with Crippen LogP contribution >= 0.6 is 11.8 Å².